The zero-order chi connectivity index (χ0) is 50.5. The monoisotopic (exact) mass is 945 g/mol. The van der Waals surface area contributed by atoms with Crippen LogP contribution in [0, 0.1) is 0 Å². The molecule has 0 bridgehead atoms. The Bertz CT molecular complexity index is 3510. The minimum atomic E-state index is -0.183. The molecule has 0 saturated carbocycles. The molecule has 0 amide bonds. The summed E-state index contributed by atoms with van der Waals surface area (Å²) in [6.07, 6.45) is 0. The van der Waals surface area contributed by atoms with Gasteiger partial charge in [-0.15, -0.1) is 0 Å². The van der Waals surface area contributed by atoms with E-state index in [1.807, 2.05) is 0 Å². The van der Waals surface area contributed by atoms with Crippen LogP contribution < -0.4 is 9.80 Å². The number of fused-ring (bicyclic) bond motifs is 3. The van der Waals surface area contributed by atoms with E-state index < -0.39 is 0 Å². The number of benzene rings is 10. The number of para-hydroxylation sites is 3. The van der Waals surface area contributed by atoms with Gasteiger partial charge in [0.05, 0.1) is 0 Å². The Kier molecular flexibility index (Phi) is 12.1. The Morgan fingerprint density at radius 2 is 0.630 bits per heavy atom. The molecule has 0 unspecified atom stereocenters. The standard InChI is InChI=1S/C71H64N2/c1-69(2,3)53-44-66(70(4,5)6)68-60-43-42-59(46-65(60)71(7,8)67(68)45-53)73(56-32-22-13-23-33-56)58-40-36-52(37-41-58)64-48-61(49-24-14-9-15-25-49)63(47-62(64)50-26-16-10-17-27-50)51-34-38-57(39-35-51)72(54-28-18-11-19-29-54)55-30-20-12-21-31-55/h9-48H,1-8H3. The van der Waals surface area contributed by atoms with Crippen molar-refractivity contribution in [2.75, 3.05) is 9.80 Å². The third-order valence-electron chi connectivity index (χ3n) is 14.9. The first-order chi connectivity index (χ1) is 35.2. The Morgan fingerprint density at radius 3 is 1.01 bits per heavy atom. The van der Waals surface area contributed by atoms with E-state index in [1.165, 1.54) is 66.8 Å². The van der Waals surface area contributed by atoms with Crippen LogP contribution in [0.3, 0.4) is 0 Å². The van der Waals surface area contributed by atoms with E-state index in [9.17, 15) is 0 Å². The summed E-state index contributed by atoms with van der Waals surface area (Å²) >= 11 is 0. The highest BCUT2D eigenvalue weighted by molar-refractivity contribution is 5.96. The van der Waals surface area contributed by atoms with Crippen LogP contribution in [0.1, 0.15) is 77.6 Å². The highest BCUT2D eigenvalue weighted by atomic mass is 15.1. The molecule has 0 aromatic heterocycles. The maximum absolute atomic E-state index is 2.50. The van der Waals surface area contributed by atoms with E-state index in [0.29, 0.717) is 0 Å². The zero-order valence-corrected chi connectivity index (χ0v) is 43.5. The van der Waals surface area contributed by atoms with Crippen LogP contribution in [0.2, 0.25) is 0 Å². The molecule has 0 atom stereocenters. The van der Waals surface area contributed by atoms with Gasteiger partial charge in [0.15, 0.2) is 0 Å². The van der Waals surface area contributed by atoms with Crippen LogP contribution in [-0.4, -0.2) is 0 Å². The van der Waals surface area contributed by atoms with Crippen LogP contribution in [0.25, 0.3) is 55.6 Å². The molecule has 1 aliphatic rings. The maximum Gasteiger partial charge on any atom is 0.0465 e. The average Bonchev–Trinajstić information content (AvgIpc) is 3.64. The summed E-state index contributed by atoms with van der Waals surface area (Å²) < 4.78 is 0. The van der Waals surface area contributed by atoms with Crippen molar-refractivity contribution >= 4 is 34.1 Å². The van der Waals surface area contributed by atoms with E-state index in [4.69, 9.17) is 0 Å². The second-order valence-corrected chi connectivity index (χ2v) is 22.2. The van der Waals surface area contributed by atoms with Crippen molar-refractivity contribution in [2.24, 2.45) is 0 Å². The van der Waals surface area contributed by atoms with E-state index in [0.717, 1.165) is 45.3 Å². The minimum absolute atomic E-state index is 0.0123. The third-order valence-corrected chi connectivity index (χ3v) is 14.9. The lowest BCUT2D eigenvalue weighted by atomic mass is 9.74. The summed E-state index contributed by atoms with van der Waals surface area (Å²) in [6, 6.07) is 89.1. The van der Waals surface area contributed by atoms with Gasteiger partial charge in [0, 0.05) is 39.5 Å². The van der Waals surface area contributed by atoms with Crippen molar-refractivity contribution in [1.29, 1.82) is 0 Å². The lowest BCUT2D eigenvalue weighted by Crippen LogP contribution is -2.21. The van der Waals surface area contributed by atoms with Crippen molar-refractivity contribution in [3.63, 3.8) is 0 Å². The van der Waals surface area contributed by atoms with Gasteiger partial charge < -0.3 is 9.80 Å². The highest BCUT2D eigenvalue weighted by Gasteiger charge is 2.40. The molecule has 0 radical (unpaired) electrons. The maximum atomic E-state index is 2.50. The predicted octanol–water partition coefficient (Wildman–Crippen LogP) is 20.2. The van der Waals surface area contributed by atoms with Crippen molar-refractivity contribution in [1.82, 2.24) is 0 Å². The van der Waals surface area contributed by atoms with Gasteiger partial charge in [-0.1, -0.05) is 213 Å². The highest BCUT2D eigenvalue weighted by Crippen LogP contribution is 2.55. The van der Waals surface area contributed by atoms with Gasteiger partial charge in [-0.3, -0.25) is 0 Å². The molecule has 2 nitrogen and oxygen atoms in total. The summed E-state index contributed by atoms with van der Waals surface area (Å²) in [6.45, 7) is 18.9. The molecule has 0 spiro atoms. The van der Waals surface area contributed by atoms with Gasteiger partial charge in [0.2, 0.25) is 0 Å². The lowest BCUT2D eigenvalue weighted by molar-refractivity contribution is 0.564. The van der Waals surface area contributed by atoms with E-state index in [1.54, 1.807) is 0 Å². The SMILES string of the molecule is CC(C)(C)c1cc(C(C)(C)C)c2c(c1)C(C)(C)c1cc(N(c3ccccc3)c3ccc(-c4cc(-c5ccccc5)c(-c5ccc(N(c6ccccc6)c6ccccc6)cc5)cc4-c4ccccc4)cc3)ccc1-2. The summed E-state index contributed by atoms with van der Waals surface area (Å²) in [4.78, 5) is 4.74. The first-order valence-electron chi connectivity index (χ1n) is 25.8. The van der Waals surface area contributed by atoms with Gasteiger partial charge in [0.25, 0.3) is 0 Å². The van der Waals surface area contributed by atoms with Gasteiger partial charge in [-0.25, -0.2) is 0 Å². The summed E-state index contributed by atoms with van der Waals surface area (Å²) in [5.41, 5.74) is 24.3. The molecule has 10 aromatic carbocycles. The first kappa shape index (κ1) is 47.1. The van der Waals surface area contributed by atoms with Crippen LogP contribution >= 0.6 is 0 Å². The molecule has 358 valence electrons. The second-order valence-electron chi connectivity index (χ2n) is 22.2. The molecule has 1 aliphatic carbocycles. The molecule has 0 fully saturated rings. The van der Waals surface area contributed by atoms with Crippen LogP contribution in [-0.2, 0) is 16.2 Å². The number of anilines is 6. The number of hydrogen-bond donors (Lipinski definition) is 0. The predicted molar refractivity (Wildman–Crippen MR) is 313 cm³/mol. The fourth-order valence-corrected chi connectivity index (χ4v) is 11.0. The van der Waals surface area contributed by atoms with Crippen molar-refractivity contribution in [3.8, 4) is 55.6 Å². The summed E-state index contributed by atoms with van der Waals surface area (Å²) in [5, 5.41) is 0. The first-order valence-corrected chi connectivity index (χ1v) is 25.8. The van der Waals surface area contributed by atoms with E-state index in [-0.39, 0.29) is 16.2 Å². The second kappa shape index (κ2) is 18.8. The zero-order valence-electron chi connectivity index (χ0n) is 43.5. The molecule has 0 heterocycles. The largest absolute Gasteiger partial charge is 0.311 e. The Hall–Kier alpha value is -8.20. The van der Waals surface area contributed by atoms with Crippen molar-refractivity contribution in [3.05, 3.63) is 265 Å². The molecule has 0 N–H and O–H groups in total. The van der Waals surface area contributed by atoms with Crippen LogP contribution in [0.5, 0.6) is 0 Å². The molecule has 0 aliphatic heterocycles. The van der Waals surface area contributed by atoms with E-state index >= 15 is 0 Å². The molecular weight excluding hydrogens is 881 g/mol. The number of hydrogen-bond acceptors (Lipinski definition) is 2. The molecule has 2 heteroatoms. The average molecular weight is 945 g/mol. The Labute approximate surface area is 433 Å². The molecule has 11 rings (SSSR count). The quantitative estimate of drug-likeness (QED) is 0.135. The fourth-order valence-electron chi connectivity index (χ4n) is 11.0. The number of rotatable bonds is 10. The van der Waals surface area contributed by atoms with Gasteiger partial charge >= 0.3 is 0 Å². The fraction of sp³-hybridized carbons (Fsp3) is 0.155. The summed E-state index contributed by atoms with van der Waals surface area (Å²) in [7, 11) is 0. The summed E-state index contributed by atoms with van der Waals surface area (Å²) in [5.74, 6) is 0. The van der Waals surface area contributed by atoms with Crippen LogP contribution in [0.15, 0.2) is 243 Å². The molecule has 10 aromatic rings. The topological polar surface area (TPSA) is 6.48 Å². The van der Waals surface area contributed by atoms with Crippen molar-refractivity contribution < 1.29 is 0 Å². The third kappa shape index (κ3) is 8.97. The lowest BCUT2D eigenvalue weighted by Gasteiger charge is -2.30. The van der Waals surface area contributed by atoms with Crippen molar-refractivity contribution in [2.45, 2.75) is 71.6 Å². The number of nitrogens with zero attached hydrogens (tertiary/aromatic N) is 2. The Morgan fingerprint density at radius 1 is 0.288 bits per heavy atom. The van der Waals surface area contributed by atoms with E-state index in [2.05, 4.69) is 308 Å². The van der Waals surface area contributed by atoms with Gasteiger partial charge in [-0.2, -0.15) is 0 Å². The normalized spacial score (nSPS) is 12.8. The molecule has 73 heavy (non-hydrogen) atoms. The van der Waals surface area contributed by atoms with Gasteiger partial charge in [0.1, 0.15) is 0 Å². The smallest absolute Gasteiger partial charge is 0.0465 e. The Balaban J connectivity index is 1.02. The van der Waals surface area contributed by atoms with Crippen LogP contribution in [0.4, 0.5) is 34.1 Å². The molecule has 0 saturated heterocycles. The minimum Gasteiger partial charge on any atom is -0.311 e. The van der Waals surface area contributed by atoms with Gasteiger partial charge in [-0.05, 0) is 174 Å². The molecular formula is C71H64N2.